The van der Waals surface area contributed by atoms with Crippen molar-refractivity contribution < 1.29 is 23.9 Å². The fourth-order valence-electron chi connectivity index (χ4n) is 3.40. The molecular formula is C24H21N3O5S. The number of ether oxygens (including phenoxy) is 1. The van der Waals surface area contributed by atoms with E-state index < -0.39 is 29.8 Å². The predicted molar refractivity (Wildman–Crippen MR) is 123 cm³/mol. The Kier molecular flexibility index (Phi) is 6.32. The lowest BCUT2D eigenvalue weighted by Crippen LogP contribution is -2.34. The molecule has 0 saturated carbocycles. The van der Waals surface area contributed by atoms with Gasteiger partial charge in [0, 0.05) is 17.5 Å². The van der Waals surface area contributed by atoms with Crippen molar-refractivity contribution in [3.8, 4) is 11.3 Å². The van der Waals surface area contributed by atoms with E-state index in [1.807, 2.05) is 42.6 Å². The normalized spacial score (nSPS) is 13.6. The molecule has 0 bridgehead atoms. The number of fused-ring (bicyclic) bond motifs is 1. The molecule has 0 aliphatic carbocycles. The number of amides is 3. The molecule has 3 amide bonds. The third-order valence-corrected chi connectivity index (χ3v) is 5.90. The number of nitrogens with zero attached hydrogens (tertiary/aromatic N) is 2. The minimum atomic E-state index is -1.06. The molecule has 33 heavy (non-hydrogen) atoms. The van der Waals surface area contributed by atoms with Crippen LogP contribution in [-0.4, -0.2) is 46.2 Å². The number of rotatable bonds is 7. The highest BCUT2D eigenvalue weighted by Gasteiger charge is 2.35. The van der Waals surface area contributed by atoms with Gasteiger partial charge < -0.3 is 4.74 Å². The van der Waals surface area contributed by atoms with Gasteiger partial charge in [-0.3, -0.25) is 29.4 Å². The number of thiazole rings is 1. The number of anilines is 1. The van der Waals surface area contributed by atoms with Crippen LogP contribution >= 0.6 is 11.3 Å². The first kappa shape index (κ1) is 22.3. The molecule has 3 aromatic rings. The Hall–Kier alpha value is -3.85. The van der Waals surface area contributed by atoms with Gasteiger partial charge in [0.1, 0.15) is 0 Å². The van der Waals surface area contributed by atoms with Crippen molar-refractivity contribution in [2.45, 2.75) is 26.4 Å². The number of benzene rings is 2. The van der Waals surface area contributed by atoms with E-state index in [9.17, 15) is 19.2 Å². The Morgan fingerprint density at radius 3 is 2.58 bits per heavy atom. The van der Waals surface area contributed by atoms with Crippen LogP contribution in [0, 0.1) is 6.92 Å². The Labute approximate surface area is 194 Å². The highest BCUT2D eigenvalue weighted by atomic mass is 32.1. The summed E-state index contributed by atoms with van der Waals surface area (Å²) in [5, 5.41) is 4.85. The molecule has 1 N–H and O–H groups in total. The number of imide groups is 1. The quantitative estimate of drug-likeness (QED) is 0.423. The third-order valence-electron chi connectivity index (χ3n) is 5.15. The van der Waals surface area contributed by atoms with E-state index in [4.69, 9.17) is 4.74 Å². The number of carbonyl (C=O) groups excluding carboxylic acids is 4. The van der Waals surface area contributed by atoms with Crippen LogP contribution in [0.1, 0.15) is 39.6 Å². The van der Waals surface area contributed by atoms with Gasteiger partial charge in [-0.1, -0.05) is 42.0 Å². The fourth-order valence-corrected chi connectivity index (χ4v) is 4.12. The average Bonchev–Trinajstić information content (AvgIpc) is 3.36. The van der Waals surface area contributed by atoms with E-state index in [1.54, 1.807) is 18.2 Å². The number of hydrogen-bond donors (Lipinski definition) is 1. The number of nitrogens with one attached hydrogen (secondary N) is 1. The monoisotopic (exact) mass is 463 g/mol. The second kappa shape index (κ2) is 9.33. The maximum atomic E-state index is 12.5. The Morgan fingerprint density at radius 1 is 1.09 bits per heavy atom. The number of esters is 1. The summed E-state index contributed by atoms with van der Waals surface area (Å²) in [6.45, 7) is 3.16. The third kappa shape index (κ3) is 4.83. The zero-order valence-electron chi connectivity index (χ0n) is 18.0. The summed E-state index contributed by atoms with van der Waals surface area (Å²) >= 11 is 1.27. The van der Waals surface area contributed by atoms with Crippen molar-refractivity contribution >= 4 is 40.2 Å². The number of carbonyl (C=O) groups is 4. The molecule has 2 aromatic carbocycles. The van der Waals surface area contributed by atoms with Gasteiger partial charge >= 0.3 is 5.97 Å². The van der Waals surface area contributed by atoms with Crippen LogP contribution in [0.4, 0.5) is 5.13 Å². The average molecular weight is 464 g/mol. The minimum Gasteiger partial charge on any atom is -0.452 e. The first-order chi connectivity index (χ1) is 15.8. The van der Waals surface area contributed by atoms with Gasteiger partial charge in [-0.25, -0.2) is 4.98 Å². The van der Waals surface area contributed by atoms with Crippen LogP contribution in [0.15, 0.2) is 53.9 Å². The molecule has 1 unspecified atom stereocenters. The predicted octanol–water partition coefficient (Wildman–Crippen LogP) is 3.68. The first-order valence-corrected chi connectivity index (χ1v) is 11.2. The lowest BCUT2D eigenvalue weighted by atomic mass is 10.1. The van der Waals surface area contributed by atoms with Gasteiger partial charge in [0.15, 0.2) is 11.2 Å². The minimum absolute atomic E-state index is 0.120. The summed E-state index contributed by atoms with van der Waals surface area (Å²) in [5.41, 5.74) is 3.19. The van der Waals surface area contributed by atoms with E-state index in [1.165, 1.54) is 18.3 Å². The van der Waals surface area contributed by atoms with E-state index in [2.05, 4.69) is 10.3 Å². The lowest BCUT2D eigenvalue weighted by molar-refractivity contribution is -0.153. The standard InChI is InChI=1S/C24H21N3O5S/c1-14-8-9-17-18(12-14)23(31)27(22(17)30)11-10-20(28)32-15(2)21(29)26-24-25-19(13-33-24)16-6-4-3-5-7-16/h3-9,12-13,15H,10-11H2,1-2H3,(H,25,26,29). The van der Waals surface area contributed by atoms with Gasteiger partial charge in [-0.2, -0.15) is 0 Å². The van der Waals surface area contributed by atoms with Crippen LogP contribution in [0.5, 0.6) is 0 Å². The van der Waals surface area contributed by atoms with E-state index in [0.717, 1.165) is 21.7 Å². The SMILES string of the molecule is Cc1ccc2c(c1)C(=O)N(CCC(=O)OC(C)C(=O)Nc1nc(-c3ccccc3)cs1)C2=O. The molecule has 1 atom stereocenters. The number of hydrogen-bond acceptors (Lipinski definition) is 7. The molecule has 2 heterocycles. The van der Waals surface area contributed by atoms with Crippen molar-refractivity contribution in [2.75, 3.05) is 11.9 Å². The molecule has 0 fully saturated rings. The van der Waals surface area contributed by atoms with Gasteiger partial charge in [-0.15, -0.1) is 11.3 Å². The van der Waals surface area contributed by atoms with Crippen LogP contribution in [-0.2, 0) is 14.3 Å². The van der Waals surface area contributed by atoms with Crippen molar-refractivity contribution in [3.63, 3.8) is 0 Å². The fraction of sp³-hybridized carbons (Fsp3) is 0.208. The van der Waals surface area contributed by atoms with Crippen LogP contribution in [0.25, 0.3) is 11.3 Å². The zero-order valence-corrected chi connectivity index (χ0v) is 18.8. The molecule has 0 saturated heterocycles. The maximum absolute atomic E-state index is 12.5. The summed E-state index contributed by atoms with van der Waals surface area (Å²) in [4.78, 5) is 55.0. The first-order valence-electron chi connectivity index (χ1n) is 10.3. The van der Waals surface area contributed by atoms with E-state index >= 15 is 0 Å². The number of aromatic nitrogens is 1. The molecule has 8 nitrogen and oxygen atoms in total. The molecule has 9 heteroatoms. The molecule has 0 radical (unpaired) electrons. The molecule has 1 aromatic heterocycles. The molecule has 1 aliphatic heterocycles. The zero-order chi connectivity index (χ0) is 23.5. The summed E-state index contributed by atoms with van der Waals surface area (Å²) in [7, 11) is 0. The highest BCUT2D eigenvalue weighted by Crippen LogP contribution is 2.25. The number of aryl methyl sites for hydroxylation is 1. The maximum Gasteiger partial charge on any atom is 0.308 e. The molecule has 0 spiro atoms. The molecule has 4 rings (SSSR count). The lowest BCUT2D eigenvalue weighted by Gasteiger charge is -2.15. The summed E-state index contributed by atoms with van der Waals surface area (Å²) in [5.74, 6) is -2.08. The van der Waals surface area contributed by atoms with E-state index in [-0.39, 0.29) is 13.0 Å². The van der Waals surface area contributed by atoms with Gasteiger partial charge in [0.05, 0.1) is 23.2 Å². The van der Waals surface area contributed by atoms with E-state index in [0.29, 0.717) is 16.3 Å². The van der Waals surface area contributed by atoms with Gasteiger partial charge in [0.2, 0.25) is 0 Å². The second-order valence-electron chi connectivity index (χ2n) is 7.59. The topological polar surface area (TPSA) is 106 Å². The molecule has 1 aliphatic rings. The second-order valence-corrected chi connectivity index (χ2v) is 8.44. The van der Waals surface area contributed by atoms with Crippen LogP contribution < -0.4 is 5.32 Å². The Balaban J connectivity index is 1.28. The van der Waals surface area contributed by atoms with Crippen molar-refractivity contribution in [1.29, 1.82) is 0 Å². The van der Waals surface area contributed by atoms with Crippen molar-refractivity contribution in [3.05, 3.63) is 70.6 Å². The summed E-state index contributed by atoms with van der Waals surface area (Å²) in [6.07, 6.45) is -1.27. The molecular weight excluding hydrogens is 442 g/mol. The van der Waals surface area contributed by atoms with Gasteiger partial charge in [-0.05, 0) is 26.0 Å². The van der Waals surface area contributed by atoms with Gasteiger partial charge in [0.25, 0.3) is 17.7 Å². The molecule has 168 valence electrons. The summed E-state index contributed by atoms with van der Waals surface area (Å²) < 4.78 is 5.18. The van der Waals surface area contributed by atoms with Crippen LogP contribution in [0.2, 0.25) is 0 Å². The van der Waals surface area contributed by atoms with Crippen LogP contribution in [0.3, 0.4) is 0 Å². The van der Waals surface area contributed by atoms with Crippen molar-refractivity contribution in [1.82, 2.24) is 9.88 Å². The highest BCUT2D eigenvalue weighted by molar-refractivity contribution is 7.14. The largest absolute Gasteiger partial charge is 0.452 e. The summed E-state index contributed by atoms with van der Waals surface area (Å²) in [6, 6.07) is 14.6. The Morgan fingerprint density at radius 2 is 1.82 bits per heavy atom. The Bertz CT molecular complexity index is 1240. The van der Waals surface area contributed by atoms with Crippen molar-refractivity contribution in [2.24, 2.45) is 0 Å². The smallest absolute Gasteiger partial charge is 0.308 e.